The third-order valence-corrected chi connectivity index (χ3v) is 5.76. The first-order valence-electron chi connectivity index (χ1n) is 11.3. The maximum Gasteiger partial charge on any atom is 0.229 e. The van der Waals surface area contributed by atoms with Crippen LogP contribution in [0.4, 0.5) is 23.3 Å². The Bertz CT molecular complexity index is 821. The Morgan fingerprint density at radius 2 is 2.03 bits per heavy atom. The van der Waals surface area contributed by atoms with Crippen molar-refractivity contribution in [1.82, 2.24) is 19.9 Å². The van der Waals surface area contributed by atoms with E-state index >= 15 is 0 Å². The molecule has 2 fully saturated rings. The van der Waals surface area contributed by atoms with Gasteiger partial charge in [-0.1, -0.05) is 0 Å². The van der Waals surface area contributed by atoms with Gasteiger partial charge < -0.3 is 26.0 Å². The van der Waals surface area contributed by atoms with Crippen molar-refractivity contribution in [2.24, 2.45) is 5.73 Å². The van der Waals surface area contributed by atoms with E-state index in [9.17, 15) is 0 Å². The Morgan fingerprint density at radius 1 is 1.19 bits per heavy atom. The number of nitrogens with two attached hydrogens (primary N) is 1. The summed E-state index contributed by atoms with van der Waals surface area (Å²) in [6.07, 6.45) is 7.12. The van der Waals surface area contributed by atoms with E-state index in [2.05, 4.69) is 37.4 Å². The summed E-state index contributed by atoms with van der Waals surface area (Å²) < 4.78 is 5.41. The van der Waals surface area contributed by atoms with E-state index in [-0.39, 0.29) is 0 Å². The number of nitrogens with zero attached hydrogens (tertiary/aromatic N) is 5. The van der Waals surface area contributed by atoms with E-state index in [0.717, 1.165) is 69.7 Å². The van der Waals surface area contributed by atoms with Crippen molar-refractivity contribution < 1.29 is 4.74 Å². The van der Waals surface area contributed by atoms with Crippen molar-refractivity contribution in [2.45, 2.75) is 25.2 Å². The summed E-state index contributed by atoms with van der Waals surface area (Å²) in [5.74, 6) is 3.03. The number of likely N-dealkylation sites (N-methyl/N-ethyl adjacent to an activating group) is 1. The molecule has 0 amide bonds. The topological polar surface area (TPSA) is 104 Å². The molecule has 0 atom stereocenters. The van der Waals surface area contributed by atoms with Crippen LogP contribution in [-0.4, -0.2) is 79.4 Å². The molecule has 168 valence electrons. The minimum atomic E-state index is 0.579. The molecule has 1 aliphatic heterocycles. The highest BCUT2D eigenvalue weighted by Crippen LogP contribution is 2.42. The second kappa shape index (κ2) is 10.7. The number of hydrogen-bond donors (Lipinski definition) is 3. The Labute approximate surface area is 184 Å². The predicted molar refractivity (Wildman–Crippen MR) is 124 cm³/mol. The van der Waals surface area contributed by atoms with Crippen LogP contribution in [0.25, 0.3) is 0 Å². The van der Waals surface area contributed by atoms with Crippen LogP contribution in [0.15, 0.2) is 24.5 Å². The van der Waals surface area contributed by atoms with Gasteiger partial charge in [0, 0.05) is 51.5 Å². The molecule has 0 unspecified atom stereocenters. The number of pyridine rings is 1. The summed E-state index contributed by atoms with van der Waals surface area (Å²) in [4.78, 5) is 18.5. The van der Waals surface area contributed by atoms with Crippen LogP contribution in [0.2, 0.25) is 0 Å². The van der Waals surface area contributed by atoms with Crippen LogP contribution in [0.1, 0.15) is 30.7 Å². The molecule has 4 N–H and O–H groups in total. The molecule has 0 radical (unpaired) electrons. The van der Waals surface area contributed by atoms with Gasteiger partial charge in [-0.25, -0.2) is 9.97 Å². The van der Waals surface area contributed by atoms with Gasteiger partial charge in [-0.3, -0.25) is 4.90 Å². The maximum absolute atomic E-state index is 5.62. The minimum absolute atomic E-state index is 0.579. The second-order valence-electron chi connectivity index (χ2n) is 8.25. The number of ether oxygens (including phenoxy) is 1. The predicted octanol–water partition coefficient (Wildman–Crippen LogP) is 2.02. The van der Waals surface area contributed by atoms with Gasteiger partial charge in [0.2, 0.25) is 5.95 Å². The van der Waals surface area contributed by atoms with Crippen LogP contribution in [0.5, 0.6) is 0 Å². The molecule has 0 aromatic carbocycles. The fourth-order valence-electron chi connectivity index (χ4n) is 3.64. The van der Waals surface area contributed by atoms with Crippen LogP contribution >= 0.6 is 0 Å². The van der Waals surface area contributed by atoms with E-state index in [4.69, 9.17) is 15.5 Å². The Kier molecular flexibility index (Phi) is 7.50. The summed E-state index contributed by atoms with van der Waals surface area (Å²) in [6, 6.07) is 4.05. The summed E-state index contributed by atoms with van der Waals surface area (Å²) >= 11 is 0. The van der Waals surface area contributed by atoms with Crippen molar-refractivity contribution in [3.63, 3.8) is 0 Å². The van der Waals surface area contributed by atoms with E-state index in [0.29, 0.717) is 18.4 Å². The lowest BCUT2D eigenvalue weighted by Crippen LogP contribution is -2.40. The number of hydrogen-bond acceptors (Lipinski definition) is 9. The van der Waals surface area contributed by atoms with Crippen molar-refractivity contribution >= 4 is 23.3 Å². The quantitative estimate of drug-likeness (QED) is 0.465. The number of anilines is 4. The third kappa shape index (κ3) is 6.25. The van der Waals surface area contributed by atoms with Crippen LogP contribution < -0.4 is 21.3 Å². The van der Waals surface area contributed by atoms with Crippen LogP contribution in [0.3, 0.4) is 0 Å². The van der Waals surface area contributed by atoms with E-state index in [1.165, 1.54) is 18.4 Å². The van der Waals surface area contributed by atoms with Crippen molar-refractivity contribution in [2.75, 3.05) is 75.1 Å². The molecule has 31 heavy (non-hydrogen) atoms. The fourth-order valence-corrected chi connectivity index (χ4v) is 3.64. The third-order valence-electron chi connectivity index (χ3n) is 5.76. The Hall–Kier alpha value is -2.49. The summed E-state index contributed by atoms with van der Waals surface area (Å²) in [5, 5.41) is 6.70. The lowest BCUT2D eigenvalue weighted by molar-refractivity contribution is 0.0393. The molecule has 9 heteroatoms. The molecule has 2 aliphatic rings. The standard InChI is InChI=1S/C22H34N8O/c1-29(9-10-30-11-13-31-14-12-30)20-6-5-18(15-25-20)27-22-26-16-19(17-3-4-17)21(28-22)24-8-2-7-23/h5-6,15-17H,2-4,7-14,23H2,1H3,(H2,24,26,27,28). The van der Waals surface area contributed by atoms with Gasteiger partial charge >= 0.3 is 0 Å². The fraction of sp³-hybridized carbons (Fsp3) is 0.591. The molecule has 1 saturated heterocycles. The molecule has 4 rings (SSSR count). The van der Waals surface area contributed by atoms with Crippen molar-refractivity contribution in [3.8, 4) is 0 Å². The van der Waals surface area contributed by atoms with Gasteiger partial charge in [0.25, 0.3) is 0 Å². The van der Waals surface area contributed by atoms with Gasteiger partial charge in [0.05, 0.1) is 25.1 Å². The highest BCUT2D eigenvalue weighted by Gasteiger charge is 2.27. The maximum atomic E-state index is 5.62. The molecule has 0 bridgehead atoms. The highest BCUT2D eigenvalue weighted by atomic mass is 16.5. The molecular weight excluding hydrogens is 392 g/mol. The SMILES string of the molecule is CN(CCN1CCOCC1)c1ccc(Nc2ncc(C3CC3)c(NCCCN)n2)cn1. The van der Waals surface area contributed by atoms with Crippen LogP contribution in [0, 0.1) is 0 Å². The molecule has 1 saturated carbocycles. The average molecular weight is 427 g/mol. The van der Waals surface area contributed by atoms with Gasteiger partial charge in [-0.05, 0) is 43.9 Å². The van der Waals surface area contributed by atoms with Gasteiger partial charge in [-0.2, -0.15) is 4.98 Å². The molecule has 1 aliphatic carbocycles. The summed E-state index contributed by atoms with van der Waals surface area (Å²) in [7, 11) is 2.08. The van der Waals surface area contributed by atoms with E-state index in [1.807, 2.05) is 24.5 Å². The lowest BCUT2D eigenvalue weighted by Gasteiger charge is -2.28. The average Bonchev–Trinajstić information content (AvgIpc) is 3.64. The molecule has 9 nitrogen and oxygen atoms in total. The molecular formula is C22H34N8O. The largest absolute Gasteiger partial charge is 0.379 e. The molecule has 3 heterocycles. The number of aromatic nitrogens is 3. The van der Waals surface area contributed by atoms with Gasteiger partial charge in [0.15, 0.2) is 0 Å². The van der Waals surface area contributed by atoms with E-state index < -0.39 is 0 Å². The summed E-state index contributed by atoms with van der Waals surface area (Å²) in [6.45, 7) is 7.11. The first kappa shape index (κ1) is 21.7. The second-order valence-corrected chi connectivity index (χ2v) is 8.25. The molecule has 0 spiro atoms. The molecule has 2 aromatic rings. The minimum Gasteiger partial charge on any atom is -0.379 e. The first-order valence-corrected chi connectivity index (χ1v) is 11.3. The monoisotopic (exact) mass is 426 g/mol. The lowest BCUT2D eigenvalue weighted by atomic mass is 10.2. The van der Waals surface area contributed by atoms with Crippen molar-refractivity contribution in [3.05, 3.63) is 30.1 Å². The van der Waals surface area contributed by atoms with Crippen molar-refractivity contribution in [1.29, 1.82) is 0 Å². The Balaban J connectivity index is 1.34. The zero-order valence-electron chi connectivity index (χ0n) is 18.4. The van der Waals surface area contributed by atoms with Gasteiger partial charge in [-0.15, -0.1) is 0 Å². The normalized spacial score (nSPS) is 16.8. The smallest absolute Gasteiger partial charge is 0.229 e. The van der Waals surface area contributed by atoms with Crippen LogP contribution in [-0.2, 0) is 4.74 Å². The zero-order valence-corrected chi connectivity index (χ0v) is 18.4. The summed E-state index contributed by atoms with van der Waals surface area (Å²) in [5.41, 5.74) is 7.70. The Morgan fingerprint density at radius 3 is 2.74 bits per heavy atom. The van der Waals surface area contributed by atoms with Gasteiger partial charge in [0.1, 0.15) is 11.6 Å². The van der Waals surface area contributed by atoms with E-state index in [1.54, 1.807) is 0 Å². The highest BCUT2D eigenvalue weighted by molar-refractivity contribution is 5.58. The number of rotatable bonds is 11. The zero-order chi connectivity index (χ0) is 21.5. The first-order chi connectivity index (χ1) is 15.2. The molecule has 2 aromatic heterocycles. The number of nitrogens with one attached hydrogen (secondary N) is 2. The number of morpholine rings is 1.